The van der Waals surface area contributed by atoms with Gasteiger partial charge in [0.2, 0.25) is 0 Å². The summed E-state index contributed by atoms with van der Waals surface area (Å²) in [6.07, 6.45) is 0.465. The number of aryl methyl sites for hydroxylation is 2. The number of carbonyl (C=O) groups is 1. The molecule has 1 aromatic heterocycles. The molecule has 5 heteroatoms. The number of nitrogens with two attached hydrogens (primary N) is 1. The maximum absolute atomic E-state index is 11.3. The molecule has 0 aliphatic carbocycles. The molecule has 0 bridgehead atoms. The van der Waals surface area contributed by atoms with E-state index in [0.29, 0.717) is 13.0 Å². The molecule has 0 aliphatic heterocycles. The van der Waals surface area contributed by atoms with Gasteiger partial charge in [-0.15, -0.1) is 0 Å². The quantitative estimate of drug-likeness (QED) is 0.709. The lowest BCUT2D eigenvalue weighted by atomic mass is 10.1. The van der Waals surface area contributed by atoms with Gasteiger partial charge in [-0.1, -0.05) is 0 Å². The lowest BCUT2D eigenvalue weighted by molar-refractivity contribution is -0.144. The summed E-state index contributed by atoms with van der Waals surface area (Å²) in [5.41, 5.74) is 8.54. The molecule has 5 nitrogen and oxygen atoms in total. The van der Waals surface area contributed by atoms with Crippen LogP contribution in [0.3, 0.4) is 0 Å². The predicted octanol–water partition coefficient (Wildman–Crippen LogP) is 0.459. The zero-order valence-corrected chi connectivity index (χ0v) is 9.33. The van der Waals surface area contributed by atoms with Gasteiger partial charge in [-0.25, -0.2) is 0 Å². The molecule has 0 radical (unpaired) electrons. The van der Waals surface area contributed by atoms with Crippen LogP contribution in [0.1, 0.15) is 23.9 Å². The van der Waals surface area contributed by atoms with Gasteiger partial charge in [0.05, 0.1) is 12.3 Å². The van der Waals surface area contributed by atoms with Crippen LogP contribution in [-0.4, -0.2) is 28.8 Å². The Morgan fingerprint density at radius 1 is 1.60 bits per heavy atom. The molecule has 0 aliphatic rings. The molecule has 15 heavy (non-hydrogen) atoms. The van der Waals surface area contributed by atoms with E-state index in [0.717, 1.165) is 17.0 Å². The fourth-order valence-electron chi connectivity index (χ4n) is 1.43. The third-order valence-electron chi connectivity index (χ3n) is 2.29. The molecule has 0 aromatic carbocycles. The van der Waals surface area contributed by atoms with Crippen molar-refractivity contribution in [3.8, 4) is 0 Å². The van der Waals surface area contributed by atoms with Crippen molar-refractivity contribution >= 4 is 5.97 Å². The molecule has 0 spiro atoms. The van der Waals surface area contributed by atoms with Crippen molar-refractivity contribution in [3.63, 3.8) is 0 Å². The van der Waals surface area contributed by atoms with Gasteiger partial charge in [0, 0.05) is 12.1 Å². The second-order valence-corrected chi connectivity index (χ2v) is 3.48. The zero-order chi connectivity index (χ0) is 11.4. The Kier molecular flexibility index (Phi) is 3.85. The van der Waals surface area contributed by atoms with Crippen molar-refractivity contribution < 1.29 is 9.53 Å². The van der Waals surface area contributed by atoms with E-state index in [1.807, 2.05) is 13.8 Å². The molecule has 1 atom stereocenters. The molecule has 3 N–H and O–H groups in total. The number of H-pyrrole nitrogens is 1. The third kappa shape index (κ3) is 2.79. The number of hydrogen-bond acceptors (Lipinski definition) is 4. The summed E-state index contributed by atoms with van der Waals surface area (Å²) >= 11 is 0. The van der Waals surface area contributed by atoms with Crippen molar-refractivity contribution in [1.29, 1.82) is 0 Å². The van der Waals surface area contributed by atoms with E-state index >= 15 is 0 Å². The Hall–Kier alpha value is -1.36. The van der Waals surface area contributed by atoms with Crippen LogP contribution in [0.25, 0.3) is 0 Å². The van der Waals surface area contributed by atoms with Gasteiger partial charge < -0.3 is 10.5 Å². The number of ether oxygens (including phenoxy) is 1. The standard InChI is InChI=1S/C10H17N3O2/c1-4-15-10(14)9(11)5-8-6(2)12-13-7(8)3/h9H,4-5,11H2,1-3H3,(H,12,13). The van der Waals surface area contributed by atoms with Gasteiger partial charge in [-0.2, -0.15) is 5.10 Å². The third-order valence-corrected chi connectivity index (χ3v) is 2.29. The number of hydrogen-bond donors (Lipinski definition) is 2. The Balaban J connectivity index is 2.66. The summed E-state index contributed by atoms with van der Waals surface area (Å²) in [6, 6.07) is -0.611. The molecule has 0 saturated heterocycles. The van der Waals surface area contributed by atoms with Gasteiger partial charge in [0.1, 0.15) is 6.04 Å². The fourth-order valence-corrected chi connectivity index (χ4v) is 1.43. The molecule has 84 valence electrons. The maximum atomic E-state index is 11.3. The van der Waals surface area contributed by atoms with E-state index in [2.05, 4.69) is 10.2 Å². The minimum atomic E-state index is -0.611. The number of carbonyl (C=O) groups excluding carboxylic acids is 1. The normalized spacial score (nSPS) is 12.5. The van der Waals surface area contributed by atoms with Gasteiger partial charge in [0.25, 0.3) is 0 Å². The largest absolute Gasteiger partial charge is 0.465 e. The first-order chi connectivity index (χ1) is 7.06. The number of aromatic amines is 1. The highest BCUT2D eigenvalue weighted by Gasteiger charge is 2.18. The number of rotatable bonds is 4. The van der Waals surface area contributed by atoms with Gasteiger partial charge in [-0.05, 0) is 26.3 Å². The van der Waals surface area contributed by atoms with Crippen LogP contribution in [0.4, 0.5) is 0 Å². The van der Waals surface area contributed by atoms with Crippen molar-refractivity contribution in [2.45, 2.75) is 33.2 Å². The van der Waals surface area contributed by atoms with Crippen LogP contribution < -0.4 is 5.73 Å². The van der Waals surface area contributed by atoms with Crippen LogP contribution in [0.5, 0.6) is 0 Å². The van der Waals surface area contributed by atoms with Crippen LogP contribution in [-0.2, 0) is 16.0 Å². The molecule has 0 fully saturated rings. The molecular weight excluding hydrogens is 194 g/mol. The van der Waals surface area contributed by atoms with Crippen molar-refractivity contribution in [3.05, 3.63) is 17.0 Å². The van der Waals surface area contributed by atoms with Gasteiger partial charge in [0.15, 0.2) is 0 Å². The number of esters is 1. The molecule has 1 unspecified atom stereocenters. The average Bonchev–Trinajstić information content (AvgIpc) is 2.49. The van der Waals surface area contributed by atoms with Crippen LogP contribution in [0.2, 0.25) is 0 Å². The first kappa shape index (κ1) is 11.7. The minimum Gasteiger partial charge on any atom is -0.465 e. The van der Waals surface area contributed by atoms with E-state index in [-0.39, 0.29) is 5.97 Å². The van der Waals surface area contributed by atoms with Crippen LogP contribution in [0, 0.1) is 13.8 Å². The molecule has 1 aromatic rings. The summed E-state index contributed by atoms with van der Waals surface area (Å²) < 4.78 is 4.84. The highest BCUT2D eigenvalue weighted by Crippen LogP contribution is 2.11. The van der Waals surface area contributed by atoms with Crippen LogP contribution >= 0.6 is 0 Å². The number of nitrogens with one attached hydrogen (secondary N) is 1. The van der Waals surface area contributed by atoms with E-state index in [1.54, 1.807) is 6.92 Å². The maximum Gasteiger partial charge on any atom is 0.323 e. The molecule has 0 saturated carbocycles. The summed E-state index contributed by atoms with van der Waals surface area (Å²) in [5, 5.41) is 6.90. The Bertz CT molecular complexity index is 327. The van der Waals surface area contributed by atoms with E-state index in [1.165, 1.54) is 0 Å². The summed E-state index contributed by atoms with van der Waals surface area (Å²) in [7, 11) is 0. The van der Waals surface area contributed by atoms with Gasteiger partial charge in [-0.3, -0.25) is 9.89 Å². The van der Waals surface area contributed by atoms with Crippen molar-refractivity contribution in [1.82, 2.24) is 10.2 Å². The first-order valence-electron chi connectivity index (χ1n) is 4.99. The number of aromatic nitrogens is 2. The van der Waals surface area contributed by atoms with Crippen LogP contribution in [0.15, 0.2) is 0 Å². The lowest BCUT2D eigenvalue weighted by Crippen LogP contribution is -2.34. The molecular formula is C10H17N3O2. The first-order valence-corrected chi connectivity index (χ1v) is 4.99. The molecule has 1 heterocycles. The Morgan fingerprint density at radius 3 is 2.73 bits per heavy atom. The monoisotopic (exact) mass is 211 g/mol. The summed E-state index contributed by atoms with van der Waals surface area (Å²) in [4.78, 5) is 11.3. The predicted molar refractivity (Wildman–Crippen MR) is 56.4 cm³/mol. The average molecular weight is 211 g/mol. The number of nitrogens with zero attached hydrogens (tertiary/aromatic N) is 1. The topological polar surface area (TPSA) is 81.0 Å². The fraction of sp³-hybridized carbons (Fsp3) is 0.600. The summed E-state index contributed by atoms with van der Waals surface area (Å²) in [5.74, 6) is -0.363. The highest BCUT2D eigenvalue weighted by atomic mass is 16.5. The lowest BCUT2D eigenvalue weighted by Gasteiger charge is -2.10. The SMILES string of the molecule is CCOC(=O)C(N)Cc1c(C)n[nH]c1C. The smallest absolute Gasteiger partial charge is 0.323 e. The minimum absolute atomic E-state index is 0.357. The second-order valence-electron chi connectivity index (χ2n) is 3.48. The van der Waals surface area contributed by atoms with Crippen molar-refractivity contribution in [2.75, 3.05) is 6.61 Å². The van der Waals surface area contributed by atoms with E-state index in [9.17, 15) is 4.79 Å². The molecule has 0 amide bonds. The molecule has 1 rings (SSSR count). The van der Waals surface area contributed by atoms with E-state index < -0.39 is 6.04 Å². The van der Waals surface area contributed by atoms with E-state index in [4.69, 9.17) is 10.5 Å². The van der Waals surface area contributed by atoms with Crippen molar-refractivity contribution in [2.24, 2.45) is 5.73 Å². The zero-order valence-electron chi connectivity index (χ0n) is 9.33. The second kappa shape index (κ2) is 4.93. The summed E-state index contributed by atoms with van der Waals surface area (Å²) in [6.45, 7) is 5.92. The van der Waals surface area contributed by atoms with Gasteiger partial charge >= 0.3 is 5.97 Å². The Morgan fingerprint density at radius 2 is 2.27 bits per heavy atom. The Labute approximate surface area is 89.0 Å². The highest BCUT2D eigenvalue weighted by molar-refractivity contribution is 5.75.